The van der Waals surface area contributed by atoms with Crippen LogP contribution in [0.5, 0.6) is 0 Å². The van der Waals surface area contributed by atoms with Gasteiger partial charge in [-0.25, -0.2) is 4.90 Å². The maximum absolute atomic E-state index is 13.8. The van der Waals surface area contributed by atoms with Gasteiger partial charge in [-0.3, -0.25) is 9.59 Å². The van der Waals surface area contributed by atoms with Crippen LogP contribution in [0.15, 0.2) is 79.0 Å². The van der Waals surface area contributed by atoms with Crippen molar-refractivity contribution < 1.29 is 9.59 Å². The molecule has 5 rings (SSSR count). The van der Waals surface area contributed by atoms with E-state index in [-0.39, 0.29) is 11.8 Å². The average molecular weight is 431 g/mol. The van der Waals surface area contributed by atoms with Crippen molar-refractivity contribution in [2.45, 2.75) is 19.9 Å². The normalized spacial score (nSPS) is 14.5. The van der Waals surface area contributed by atoms with Crippen molar-refractivity contribution in [2.24, 2.45) is 0 Å². The number of nitrogens with zero attached hydrogens (tertiary/aromatic N) is 3. The summed E-state index contributed by atoms with van der Waals surface area (Å²) in [6.45, 7) is 2.46. The van der Waals surface area contributed by atoms with Gasteiger partial charge in [-0.15, -0.1) is 0 Å². The summed E-state index contributed by atoms with van der Waals surface area (Å²) in [6.07, 6.45) is 4.23. The van der Waals surface area contributed by atoms with Crippen LogP contribution in [0.4, 0.5) is 5.69 Å². The Labute approximate surface area is 191 Å². The summed E-state index contributed by atoms with van der Waals surface area (Å²) in [5.74, 6) is -0.666. The number of imide groups is 1. The monoisotopic (exact) mass is 431 g/mol. The molecule has 0 radical (unpaired) electrons. The first-order valence-corrected chi connectivity index (χ1v) is 10.8. The molecule has 5 nitrogen and oxygen atoms in total. The van der Waals surface area contributed by atoms with Gasteiger partial charge in [0, 0.05) is 40.3 Å². The van der Waals surface area contributed by atoms with Gasteiger partial charge in [-0.1, -0.05) is 54.6 Å². The molecule has 0 unspecified atom stereocenters. The number of rotatable bonds is 4. The lowest BCUT2D eigenvalue weighted by Crippen LogP contribution is -2.42. The molecule has 3 aromatic carbocycles. The topological polar surface area (TPSA) is 66.1 Å². The van der Waals surface area contributed by atoms with Crippen molar-refractivity contribution in [1.82, 2.24) is 4.57 Å². The van der Waals surface area contributed by atoms with Crippen LogP contribution in [-0.4, -0.2) is 16.4 Å². The molecule has 1 aliphatic heterocycles. The summed E-state index contributed by atoms with van der Waals surface area (Å²) in [5, 5.41) is 10.0. The molecule has 0 N–H and O–H groups in total. The smallest absolute Gasteiger partial charge is 0.265 e. The molecule has 33 heavy (non-hydrogen) atoms. The Kier molecular flexibility index (Phi) is 5.12. The van der Waals surface area contributed by atoms with Gasteiger partial charge < -0.3 is 4.57 Å². The number of carbonyl (C=O) groups is 2. The number of aromatic nitrogens is 1. The van der Waals surface area contributed by atoms with E-state index in [4.69, 9.17) is 5.26 Å². The summed E-state index contributed by atoms with van der Waals surface area (Å²) >= 11 is 0. The van der Waals surface area contributed by atoms with Crippen LogP contribution in [0.2, 0.25) is 0 Å². The number of aryl methyl sites for hydroxylation is 2. The van der Waals surface area contributed by atoms with Crippen LogP contribution in [-0.2, 0) is 11.3 Å². The first-order chi connectivity index (χ1) is 16.1. The van der Waals surface area contributed by atoms with Crippen LogP contribution in [0, 0.1) is 18.3 Å². The quantitative estimate of drug-likeness (QED) is 0.312. The molecule has 0 aliphatic carbocycles. The molecule has 2 amide bonds. The van der Waals surface area contributed by atoms with E-state index in [1.54, 1.807) is 12.1 Å². The van der Waals surface area contributed by atoms with Crippen molar-refractivity contribution >= 4 is 40.1 Å². The van der Waals surface area contributed by atoms with Gasteiger partial charge in [0.25, 0.3) is 11.8 Å². The minimum absolute atomic E-state index is 0.321. The fraction of sp³-hybridized carbons (Fsp3) is 0.107. The Morgan fingerprint density at radius 3 is 2.36 bits per heavy atom. The summed E-state index contributed by atoms with van der Waals surface area (Å²) < 4.78 is 2.04. The zero-order valence-corrected chi connectivity index (χ0v) is 18.2. The summed E-state index contributed by atoms with van der Waals surface area (Å²) in [4.78, 5) is 28.4. The van der Waals surface area contributed by atoms with Crippen LogP contribution in [0.1, 0.15) is 33.5 Å². The van der Waals surface area contributed by atoms with Crippen molar-refractivity contribution in [3.8, 4) is 6.07 Å². The molecule has 0 spiro atoms. The second kappa shape index (κ2) is 8.25. The number of hydrogen-bond acceptors (Lipinski definition) is 3. The second-order valence-electron chi connectivity index (χ2n) is 8.04. The van der Waals surface area contributed by atoms with Crippen LogP contribution >= 0.6 is 0 Å². The molecule has 0 bridgehead atoms. The molecule has 4 aromatic rings. The number of anilines is 1. The first-order valence-electron chi connectivity index (χ1n) is 10.8. The minimum atomic E-state index is -0.346. The van der Waals surface area contributed by atoms with Crippen LogP contribution < -0.4 is 4.90 Å². The molecule has 2 heterocycles. The Hall–Kier alpha value is -4.43. The minimum Gasteiger partial charge on any atom is -0.346 e. The van der Waals surface area contributed by atoms with Gasteiger partial charge in [0.15, 0.2) is 0 Å². The third-order valence-electron chi connectivity index (χ3n) is 6.02. The molecule has 1 aliphatic rings. The van der Waals surface area contributed by atoms with Crippen molar-refractivity contribution in [3.05, 3.63) is 101 Å². The largest absolute Gasteiger partial charge is 0.346 e. The highest BCUT2D eigenvalue weighted by molar-refractivity contribution is 6.43. The second-order valence-corrected chi connectivity index (χ2v) is 8.04. The number of hydrogen-bond donors (Lipinski definition) is 0. The standard InChI is InChI=1S/C28H21N3O2/c1-19-9-2-6-13-25(19)31-27(32)23-12-4-3-11-22(23)24(28(31)33)17-20-18-30(16-8-15-29)26-14-7-5-10-21(20)26/h2-7,9-14,17-18H,8,16H2,1H3/b24-17+. The van der Waals surface area contributed by atoms with E-state index in [1.165, 1.54) is 4.90 Å². The van der Waals surface area contributed by atoms with Gasteiger partial charge in [0.1, 0.15) is 0 Å². The Bertz CT molecular complexity index is 1490. The maximum atomic E-state index is 13.8. The maximum Gasteiger partial charge on any atom is 0.265 e. The SMILES string of the molecule is Cc1ccccc1N1C(=O)/C(=C/c2cn(CCC#N)c3ccccc23)c2ccccc2C1=O. The lowest BCUT2D eigenvalue weighted by Gasteiger charge is -2.29. The van der Waals surface area contributed by atoms with E-state index >= 15 is 0 Å². The molecule has 1 aromatic heterocycles. The molecule has 5 heteroatoms. The lowest BCUT2D eigenvalue weighted by molar-refractivity contribution is -0.112. The third kappa shape index (κ3) is 3.42. The number of amides is 2. The predicted octanol–water partition coefficient (Wildman–Crippen LogP) is 5.59. The van der Waals surface area contributed by atoms with Crippen molar-refractivity contribution in [1.29, 1.82) is 5.26 Å². The van der Waals surface area contributed by atoms with E-state index in [9.17, 15) is 9.59 Å². The predicted molar refractivity (Wildman–Crippen MR) is 129 cm³/mol. The van der Waals surface area contributed by atoms with Crippen molar-refractivity contribution in [2.75, 3.05) is 4.90 Å². The number of benzene rings is 3. The molecule has 0 saturated carbocycles. The fourth-order valence-corrected chi connectivity index (χ4v) is 4.43. The highest BCUT2D eigenvalue weighted by atomic mass is 16.2. The third-order valence-corrected chi connectivity index (χ3v) is 6.02. The number of para-hydroxylation sites is 2. The van der Waals surface area contributed by atoms with Gasteiger partial charge in [0.2, 0.25) is 0 Å². The summed E-state index contributed by atoms with van der Waals surface area (Å²) in [5.41, 5.74) is 4.92. The highest BCUT2D eigenvalue weighted by Crippen LogP contribution is 2.35. The van der Waals surface area contributed by atoms with Crippen LogP contribution in [0.25, 0.3) is 22.6 Å². The average Bonchev–Trinajstić information content (AvgIpc) is 3.19. The van der Waals surface area contributed by atoms with E-state index < -0.39 is 0 Å². The Balaban J connectivity index is 1.72. The van der Waals surface area contributed by atoms with E-state index in [1.807, 2.05) is 84.4 Å². The Morgan fingerprint density at radius 1 is 0.879 bits per heavy atom. The summed E-state index contributed by atoms with van der Waals surface area (Å²) in [7, 11) is 0. The fourth-order valence-electron chi connectivity index (χ4n) is 4.43. The lowest BCUT2D eigenvalue weighted by atomic mass is 9.91. The molecular formula is C28H21N3O2. The number of carbonyl (C=O) groups excluding carboxylic acids is 2. The highest BCUT2D eigenvalue weighted by Gasteiger charge is 2.36. The van der Waals surface area contributed by atoms with Crippen molar-refractivity contribution in [3.63, 3.8) is 0 Å². The number of nitriles is 1. The molecule has 0 atom stereocenters. The van der Waals surface area contributed by atoms with Crippen LogP contribution in [0.3, 0.4) is 0 Å². The van der Waals surface area contributed by atoms with Gasteiger partial charge in [-0.2, -0.15) is 5.26 Å². The Morgan fingerprint density at radius 2 is 1.58 bits per heavy atom. The number of fused-ring (bicyclic) bond motifs is 2. The zero-order valence-electron chi connectivity index (χ0n) is 18.2. The molecule has 0 saturated heterocycles. The van der Waals surface area contributed by atoms with Gasteiger partial charge >= 0.3 is 0 Å². The zero-order chi connectivity index (χ0) is 22.9. The molecule has 160 valence electrons. The first kappa shape index (κ1) is 20.5. The van der Waals surface area contributed by atoms with E-state index in [0.29, 0.717) is 35.4 Å². The van der Waals surface area contributed by atoms with Gasteiger partial charge in [-0.05, 0) is 42.3 Å². The van der Waals surface area contributed by atoms with E-state index in [2.05, 4.69) is 6.07 Å². The van der Waals surface area contributed by atoms with Gasteiger partial charge in [0.05, 0.1) is 18.2 Å². The van der Waals surface area contributed by atoms with E-state index in [0.717, 1.165) is 22.0 Å². The molecule has 0 fully saturated rings. The summed E-state index contributed by atoms with van der Waals surface area (Å²) in [6, 6.07) is 24.8. The molecular weight excluding hydrogens is 410 g/mol.